The van der Waals surface area contributed by atoms with E-state index in [0.29, 0.717) is 38.1 Å². The zero-order chi connectivity index (χ0) is 20.8. The summed E-state index contributed by atoms with van der Waals surface area (Å²) in [5.41, 5.74) is -0.399. The van der Waals surface area contributed by atoms with Gasteiger partial charge in [0, 0.05) is 26.6 Å². The molecule has 4 amide bonds. The van der Waals surface area contributed by atoms with Crippen molar-refractivity contribution in [2.24, 2.45) is 5.16 Å². The highest BCUT2D eigenvalue weighted by atomic mass is 16.7. The highest BCUT2D eigenvalue weighted by Gasteiger charge is 2.53. The molecule has 0 aromatic heterocycles. The van der Waals surface area contributed by atoms with E-state index in [1.807, 2.05) is 24.3 Å². The summed E-state index contributed by atoms with van der Waals surface area (Å²) in [6.45, 7) is 2.47. The van der Waals surface area contributed by atoms with E-state index in [-0.39, 0.29) is 11.8 Å². The van der Waals surface area contributed by atoms with E-state index in [2.05, 4.69) is 10.5 Å². The summed E-state index contributed by atoms with van der Waals surface area (Å²) < 4.78 is 5.17. The number of nitrogens with zero attached hydrogens (tertiary/aromatic N) is 3. The molecule has 29 heavy (non-hydrogen) atoms. The van der Waals surface area contributed by atoms with Gasteiger partial charge in [0.25, 0.3) is 11.8 Å². The van der Waals surface area contributed by atoms with Crippen LogP contribution in [0.25, 0.3) is 0 Å². The van der Waals surface area contributed by atoms with Gasteiger partial charge < -0.3 is 19.8 Å². The number of carbonyl (C=O) groups excluding carboxylic acids is 3. The van der Waals surface area contributed by atoms with E-state index in [4.69, 9.17) is 9.57 Å². The van der Waals surface area contributed by atoms with Crippen LogP contribution in [-0.4, -0.2) is 71.7 Å². The number of carbonyl (C=O) groups is 3. The van der Waals surface area contributed by atoms with Crippen LogP contribution in [0.3, 0.4) is 0 Å². The standard InChI is InChI=1S/C20H24N4O5/c1-19(12-15(22-29-19)13-4-6-14(28-3)7-5-13)16(25)24-10-8-20(9-11-24)17(26)23(2)18(27)21-20/h4-7H,8-12H2,1-3H3,(H,21,27)/t19-/m0/s1. The number of imide groups is 1. The second-order valence-corrected chi connectivity index (χ2v) is 7.93. The van der Waals surface area contributed by atoms with Crippen LogP contribution in [0.2, 0.25) is 0 Å². The van der Waals surface area contributed by atoms with E-state index >= 15 is 0 Å². The molecule has 9 heteroatoms. The molecule has 3 aliphatic heterocycles. The lowest BCUT2D eigenvalue weighted by Gasteiger charge is -2.39. The van der Waals surface area contributed by atoms with Gasteiger partial charge in [0.15, 0.2) is 0 Å². The predicted molar refractivity (Wildman–Crippen MR) is 103 cm³/mol. The maximum absolute atomic E-state index is 13.1. The smallest absolute Gasteiger partial charge is 0.324 e. The van der Waals surface area contributed by atoms with E-state index in [9.17, 15) is 14.4 Å². The molecule has 3 aliphatic rings. The van der Waals surface area contributed by atoms with Crippen molar-refractivity contribution in [1.82, 2.24) is 15.1 Å². The van der Waals surface area contributed by atoms with Gasteiger partial charge in [-0.15, -0.1) is 0 Å². The molecule has 1 N–H and O–H groups in total. The first-order valence-electron chi connectivity index (χ1n) is 9.57. The number of likely N-dealkylation sites (tertiary alicyclic amines) is 1. The molecule has 2 fully saturated rings. The minimum absolute atomic E-state index is 0.162. The molecule has 3 heterocycles. The van der Waals surface area contributed by atoms with Crippen molar-refractivity contribution in [1.29, 1.82) is 0 Å². The van der Waals surface area contributed by atoms with Gasteiger partial charge >= 0.3 is 6.03 Å². The van der Waals surface area contributed by atoms with Crippen LogP contribution in [0.1, 0.15) is 31.7 Å². The Morgan fingerprint density at radius 3 is 2.41 bits per heavy atom. The summed E-state index contributed by atoms with van der Waals surface area (Å²) in [5.74, 6) is 0.348. The quantitative estimate of drug-likeness (QED) is 0.767. The van der Waals surface area contributed by atoms with Crippen molar-refractivity contribution >= 4 is 23.6 Å². The lowest BCUT2D eigenvalue weighted by atomic mass is 9.86. The highest BCUT2D eigenvalue weighted by Crippen LogP contribution is 2.33. The summed E-state index contributed by atoms with van der Waals surface area (Å²) in [6, 6.07) is 7.05. The van der Waals surface area contributed by atoms with E-state index in [1.165, 1.54) is 7.05 Å². The Morgan fingerprint density at radius 2 is 1.86 bits per heavy atom. The molecule has 0 bridgehead atoms. The third kappa shape index (κ3) is 3.10. The summed E-state index contributed by atoms with van der Waals surface area (Å²) in [4.78, 5) is 45.7. The van der Waals surface area contributed by atoms with Gasteiger partial charge in [-0.3, -0.25) is 14.5 Å². The fourth-order valence-corrected chi connectivity index (χ4v) is 4.11. The number of urea groups is 1. The molecule has 9 nitrogen and oxygen atoms in total. The number of hydrogen-bond acceptors (Lipinski definition) is 6. The first kappa shape index (κ1) is 19.2. The minimum Gasteiger partial charge on any atom is -0.497 e. The largest absolute Gasteiger partial charge is 0.497 e. The second kappa shape index (κ2) is 6.75. The first-order chi connectivity index (χ1) is 13.8. The van der Waals surface area contributed by atoms with Gasteiger partial charge in [-0.1, -0.05) is 5.16 Å². The molecular weight excluding hydrogens is 376 g/mol. The first-order valence-corrected chi connectivity index (χ1v) is 9.57. The summed E-state index contributed by atoms with van der Waals surface area (Å²) in [7, 11) is 3.07. The van der Waals surface area contributed by atoms with Gasteiger partial charge in [-0.25, -0.2) is 4.79 Å². The van der Waals surface area contributed by atoms with Crippen LogP contribution < -0.4 is 10.1 Å². The fourth-order valence-electron chi connectivity index (χ4n) is 4.11. The average Bonchev–Trinajstić information content (AvgIpc) is 3.23. The molecule has 1 aromatic rings. The van der Waals surface area contributed by atoms with Crippen molar-refractivity contribution in [3.05, 3.63) is 29.8 Å². The summed E-state index contributed by atoms with van der Waals surface area (Å²) >= 11 is 0. The summed E-state index contributed by atoms with van der Waals surface area (Å²) in [5, 5.41) is 6.92. The van der Waals surface area contributed by atoms with Crippen LogP contribution in [0, 0.1) is 0 Å². The number of oxime groups is 1. The number of methoxy groups -OCH3 is 1. The molecule has 0 saturated carbocycles. The zero-order valence-electron chi connectivity index (χ0n) is 16.7. The Morgan fingerprint density at radius 1 is 1.21 bits per heavy atom. The number of nitrogens with one attached hydrogen (secondary N) is 1. The van der Waals surface area contributed by atoms with Crippen molar-refractivity contribution in [3.63, 3.8) is 0 Å². The second-order valence-electron chi connectivity index (χ2n) is 7.93. The molecule has 0 aliphatic carbocycles. The Kier molecular flexibility index (Phi) is 4.48. The monoisotopic (exact) mass is 400 g/mol. The zero-order valence-corrected chi connectivity index (χ0v) is 16.7. The third-order valence-corrected chi connectivity index (χ3v) is 6.01. The molecule has 0 unspecified atom stereocenters. The molecule has 1 atom stereocenters. The van der Waals surface area contributed by atoms with Crippen molar-refractivity contribution in [2.45, 2.75) is 37.3 Å². The van der Waals surface area contributed by atoms with Crippen LogP contribution >= 0.6 is 0 Å². The van der Waals surface area contributed by atoms with Crippen molar-refractivity contribution < 1.29 is 24.0 Å². The summed E-state index contributed by atoms with van der Waals surface area (Å²) in [6.07, 6.45) is 1.13. The lowest BCUT2D eigenvalue weighted by Crippen LogP contribution is -2.58. The number of likely N-dealkylation sites (N-methyl/N-ethyl adjacent to an activating group) is 1. The third-order valence-electron chi connectivity index (χ3n) is 6.01. The average molecular weight is 400 g/mol. The lowest BCUT2D eigenvalue weighted by molar-refractivity contribution is -0.156. The van der Waals surface area contributed by atoms with Gasteiger partial charge in [0.05, 0.1) is 12.8 Å². The minimum atomic E-state index is -1.08. The molecular formula is C20H24N4O5. The Balaban J connectivity index is 1.40. The number of ether oxygens (including phenoxy) is 1. The molecule has 1 spiro atoms. The van der Waals surface area contributed by atoms with Gasteiger partial charge in [0.1, 0.15) is 11.3 Å². The molecule has 0 radical (unpaired) electrons. The number of hydrogen-bond donors (Lipinski definition) is 1. The Hall–Kier alpha value is -3.10. The number of piperidine rings is 1. The number of rotatable bonds is 3. The maximum Gasteiger partial charge on any atom is 0.324 e. The topological polar surface area (TPSA) is 101 Å². The molecule has 2 saturated heterocycles. The van der Waals surface area contributed by atoms with Gasteiger partial charge in [0.2, 0.25) is 5.60 Å². The molecule has 4 rings (SSSR count). The fraction of sp³-hybridized carbons (Fsp3) is 0.500. The van der Waals surface area contributed by atoms with Gasteiger partial charge in [-0.2, -0.15) is 0 Å². The van der Waals surface area contributed by atoms with E-state index < -0.39 is 17.2 Å². The Bertz CT molecular complexity index is 889. The Labute approximate surface area is 168 Å². The highest BCUT2D eigenvalue weighted by molar-refractivity contribution is 6.07. The number of amides is 4. The van der Waals surface area contributed by atoms with Crippen LogP contribution in [0.5, 0.6) is 5.75 Å². The SMILES string of the molecule is COc1ccc(C2=NO[C@](C)(C(=O)N3CCC4(CC3)NC(=O)N(C)C4=O)C2)cc1. The van der Waals surface area contributed by atoms with Gasteiger partial charge in [-0.05, 0) is 49.6 Å². The predicted octanol–water partition coefficient (Wildman–Crippen LogP) is 1.12. The van der Waals surface area contributed by atoms with Crippen LogP contribution in [-0.2, 0) is 14.4 Å². The van der Waals surface area contributed by atoms with E-state index in [0.717, 1.165) is 16.2 Å². The van der Waals surface area contributed by atoms with Crippen molar-refractivity contribution in [2.75, 3.05) is 27.2 Å². The molecule has 1 aromatic carbocycles. The van der Waals surface area contributed by atoms with E-state index in [1.54, 1.807) is 18.9 Å². The normalized spacial score (nSPS) is 25.7. The van der Waals surface area contributed by atoms with Crippen LogP contribution in [0.15, 0.2) is 29.4 Å². The van der Waals surface area contributed by atoms with Crippen LogP contribution in [0.4, 0.5) is 4.79 Å². The number of benzene rings is 1. The molecule has 154 valence electrons. The van der Waals surface area contributed by atoms with Crippen molar-refractivity contribution in [3.8, 4) is 5.75 Å². The maximum atomic E-state index is 13.1.